The third-order valence-electron chi connectivity index (χ3n) is 0.531. The second-order valence-corrected chi connectivity index (χ2v) is 4.23. The summed E-state index contributed by atoms with van der Waals surface area (Å²) in [5.74, 6) is 0.535. The Labute approximate surface area is 45.3 Å². The van der Waals surface area contributed by atoms with Crippen LogP contribution in [0.25, 0.3) is 0 Å². The van der Waals surface area contributed by atoms with Crippen molar-refractivity contribution in [3.05, 3.63) is 0 Å². The molecule has 0 heterocycles. The molecule has 0 saturated heterocycles. The molecular formula is C3H12N2OS. The molecule has 0 saturated carbocycles. The topological polar surface area (TPSA) is 72.3 Å². The van der Waals surface area contributed by atoms with Crippen molar-refractivity contribution in [1.82, 2.24) is 0 Å². The zero-order chi connectivity index (χ0) is 5.91. The van der Waals surface area contributed by atoms with Crippen LogP contribution in [-0.2, 0) is 0 Å². The second kappa shape index (κ2) is 2.52. The Balaban J connectivity index is 3.15. The standard InChI is InChI=1S/C3H12N2OS/c1-7(5,6)3-2-4/h6H,2-5H2,1H3. The van der Waals surface area contributed by atoms with E-state index in [1.807, 2.05) is 0 Å². The number of hydrogen-bond donors (Lipinski definition) is 3. The van der Waals surface area contributed by atoms with E-state index in [4.69, 9.17) is 15.4 Å². The fourth-order valence-corrected chi connectivity index (χ4v) is 0.716. The summed E-state index contributed by atoms with van der Waals surface area (Å²) in [6, 6.07) is 0. The van der Waals surface area contributed by atoms with Gasteiger partial charge in [-0.1, -0.05) is 10.5 Å². The fraction of sp³-hybridized carbons (Fsp3) is 1.00. The minimum Gasteiger partial charge on any atom is -0.339 e. The lowest BCUT2D eigenvalue weighted by Gasteiger charge is -2.21. The second-order valence-electron chi connectivity index (χ2n) is 1.60. The summed E-state index contributed by atoms with van der Waals surface area (Å²) < 4.78 is 8.80. The van der Waals surface area contributed by atoms with Gasteiger partial charge in [0.1, 0.15) is 0 Å². The van der Waals surface area contributed by atoms with Crippen LogP contribution in [-0.4, -0.2) is 23.1 Å². The highest BCUT2D eigenvalue weighted by molar-refractivity contribution is 8.26. The van der Waals surface area contributed by atoms with Crippen LogP contribution < -0.4 is 10.9 Å². The number of rotatable bonds is 2. The third-order valence-corrected chi connectivity index (χ3v) is 1.59. The molecule has 0 amide bonds. The molecule has 4 heteroatoms. The van der Waals surface area contributed by atoms with Gasteiger partial charge in [0, 0.05) is 12.3 Å². The molecule has 46 valence electrons. The normalized spacial score (nSPS) is 23.4. The molecule has 0 aromatic carbocycles. The molecule has 0 bridgehead atoms. The highest BCUT2D eigenvalue weighted by atomic mass is 32.3. The zero-order valence-corrected chi connectivity index (χ0v) is 5.24. The Kier molecular flexibility index (Phi) is 2.60. The lowest BCUT2D eigenvalue weighted by atomic mass is 10.8. The molecule has 0 aromatic heterocycles. The van der Waals surface area contributed by atoms with Crippen molar-refractivity contribution < 1.29 is 4.55 Å². The monoisotopic (exact) mass is 124 g/mol. The first kappa shape index (κ1) is 7.23. The van der Waals surface area contributed by atoms with E-state index in [1.54, 1.807) is 6.26 Å². The lowest BCUT2D eigenvalue weighted by molar-refractivity contribution is 0.632. The molecular weight excluding hydrogens is 112 g/mol. The van der Waals surface area contributed by atoms with Crippen LogP contribution in [0.4, 0.5) is 0 Å². The average molecular weight is 124 g/mol. The van der Waals surface area contributed by atoms with Crippen molar-refractivity contribution in [3.63, 3.8) is 0 Å². The highest BCUT2D eigenvalue weighted by Crippen LogP contribution is 2.26. The molecule has 1 unspecified atom stereocenters. The minimum absolute atomic E-state index is 0.471. The number of nitrogens with two attached hydrogens (primary N) is 2. The Morgan fingerprint density at radius 1 is 1.71 bits per heavy atom. The molecule has 0 fully saturated rings. The van der Waals surface area contributed by atoms with Crippen LogP contribution in [0.2, 0.25) is 0 Å². The molecule has 0 rings (SSSR count). The highest BCUT2D eigenvalue weighted by Gasteiger charge is 2.01. The molecule has 0 spiro atoms. The van der Waals surface area contributed by atoms with Crippen LogP contribution >= 0.6 is 10.5 Å². The van der Waals surface area contributed by atoms with Gasteiger partial charge < -0.3 is 10.3 Å². The van der Waals surface area contributed by atoms with Gasteiger partial charge in [-0.3, -0.25) is 5.14 Å². The fourth-order valence-electron chi connectivity index (χ4n) is 0.239. The Hall–Kier alpha value is 0.230. The van der Waals surface area contributed by atoms with Crippen LogP contribution in [0, 0.1) is 0 Å². The third kappa shape index (κ3) is 6.23. The van der Waals surface area contributed by atoms with E-state index in [-0.39, 0.29) is 0 Å². The molecule has 0 radical (unpaired) electrons. The Morgan fingerprint density at radius 3 is 2.14 bits per heavy atom. The molecule has 0 aliphatic rings. The first-order valence-electron chi connectivity index (χ1n) is 2.02. The summed E-state index contributed by atoms with van der Waals surface area (Å²) in [6.07, 6.45) is 1.61. The van der Waals surface area contributed by atoms with Crippen molar-refractivity contribution in [1.29, 1.82) is 0 Å². The minimum atomic E-state index is -1.80. The average Bonchev–Trinajstić information content (AvgIpc) is 1.30. The van der Waals surface area contributed by atoms with Gasteiger partial charge in [0.25, 0.3) is 0 Å². The van der Waals surface area contributed by atoms with Crippen molar-refractivity contribution in [2.45, 2.75) is 0 Å². The molecule has 7 heavy (non-hydrogen) atoms. The maximum absolute atomic E-state index is 8.80. The van der Waals surface area contributed by atoms with Crippen LogP contribution in [0.15, 0.2) is 0 Å². The van der Waals surface area contributed by atoms with Gasteiger partial charge in [-0.25, -0.2) is 0 Å². The van der Waals surface area contributed by atoms with E-state index in [0.29, 0.717) is 12.3 Å². The van der Waals surface area contributed by atoms with Crippen LogP contribution in [0.1, 0.15) is 0 Å². The van der Waals surface area contributed by atoms with Gasteiger partial charge >= 0.3 is 0 Å². The number of hydrogen-bond acceptors (Lipinski definition) is 3. The smallest absolute Gasteiger partial charge is 0.0231 e. The molecule has 3 nitrogen and oxygen atoms in total. The van der Waals surface area contributed by atoms with E-state index >= 15 is 0 Å². The van der Waals surface area contributed by atoms with E-state index in [0.717, 1.165) is 0 Å². The van der Waals surface area contributed by atoms with Gasteiger partial charge in [-0.15, -0.1) is 0 Å². The largest absolute Gasteiger partial charge is 0.339 e. The predicted octanol–water partition coefficient (Wildman–Crippen LogP) is -0.274. The molecule has 0 aromatic rings. The molecule has 1 atom stereocenters. The van der Waals surface area contributed by atoms with Gasteiger partial charge in [0.15, 0.2) is 0 Å². The van der Waals surface area contributed by atoms with Crippen LogP contribution in [0.3, 0.4) is 0 Å². The van der Waals surface area contributed by atoms with Gasteiger partial charge in [-0.05, 0) is 6.26 Å². The summed E-state index contributed by atoms with van der Waals surface area (Å²) in [6.45, 7) is 0.471. The summed E-state index contributed by atoms with van der Waals surface area (Å²) >= 11 is 0. The summed E-state index contributed by atoms with van der Waals surface area (Å²) in [5, 5.41) is 5.20. The van der Waals surface area contributed by atoms with E-state index in [9.17, 15) is 0 Å². The van der Waals surface area contributed by atoms with Gasteiger partial charge in [0.2, 0.25) is 0 Å². The van der Waals surface area contributed by atoms with Crippen LogP contribution in [0.5, 0.6) is 0 Å². The molecule has 5 N–H and O–H groups in total. The SMILES string of the molecule is CS(N)(O)CCN. The van der Waals surface area contributed by atoms with E-state index in [2.05, 4.69) is 0 Å². The lowest BCUT2D eigenvalue weighted by Crippen LogP contribution is -2.18. The Bertz CT molecular complexity index is 51.4. The first-order valence-corrected chi connectivity index (χ1v) is 4.25. The molecule has 0 aliphatic carbocycles. The van der Waals surface area contributed by atoms with Crippen molar-refractivity contribution in [2.75, 3.05) is 18.6 Å². The van der Waals surface area contributed by atoms with E-state index in [1.165, 1.54) is 0 Å². The maximum Gasteiger partial charge on any atom is 0.0231 e. The van der Waals surface area contributed by atoms with E-state index < -0.39 is 10.5 Å². The summed E-state index contributed by atoms with van der Waals surface area (Å²) in [7, 11) is -1.80. The first-order chi connectivity index (χ1) is 3.06. The van der Waals surface area contributed by atoms with Gasteiger partial charge in [0.05, 0.1) is 0 Å². The maximum atomic E-state index is 8.80. The zero-order valence-electron chi connectivity index (χ0n) is 4.42. The van der Waals surface area contributed by atoms with Gasteiger partial charge in [-0.2, -0.15) is 0 Å². The quantitative estimate of drug-likeness (QED) is 0.474. The Morgan fingerprint density at radius 2 is 2.14 bits per heavy atom. The predicted molar refractivity (Wildman–Crippen MR) is 34.3 cm³/mol. The van der Waals surface area contributed by atoms with Crippen molar-refractivity contribution >= 4 is 10.5 Å². The summed E-state index contributed by atoms with van der Waals surface area (Å²) in [5.41, 5.74) is 5.10. The van der Waals surface area contributed by atoms with Crippen molar-refractivity contribution in [2.24, 2.45) is 10.9 Å². The van der Waals surface area contributed by atoms with Crippen molar-refractivity contribution in [3.8, 4) is 0 Å². The summed E-state index contributed by atoms with van der Waals surface area (Å²) in [4.78, 5) is 0. The molecule has 0 aliphatic heterocycles.